The van der Waals surface area contributed by atoms with Gasteiger partial charge in [0.05, 0.1) is 6.04 Å². The largest absolute Gasteiger partial charge is 0.365 e. The van der Waals surface area contributed by atoms with E-state index in [-0.39, 0.29) is 29.4 Å². The molecule has 3 aromatic heterocycles. The first kappa shape index (κ1) is 19.6. The molecule has 0 aromatic carbocycles. The third-order valence-corrected chi connectivity index (χ3v) is 6.24. The minimum Gasteiger partial charge on any atom is -0.365 e. The monoisotopic (exact) mass is 417 g/mol. The molecule has 0 radical (unpaired) electrons. The lowest BCUT2D eigenvalue weighted by atomic mass is 10.0. The number of nitrogens with zero attached hydrogens (tertiary/aromatic N) is 4. The zero-order chi connectivity index (χ0) is 21.5. The Labute approximate surface area is 180 Å². The number of aryl methyl sites for hydroxylation is 2. The van der Waals surface area contributed by atoms with Crippen molar-refractivity contribution in [3.63, 3.8) is 0 Å². The van der Waals surface area contributed by atoms with E-state index in [2.05, 4.69) is 20.3 Å². The first-order valence-electron chi connectivity index (χ1n) is 10.6. The van der Waals surface area contributed by atoms with Crippen molar-refractivity contribution < 1.29 is 9.18 Å². The molecule has 1 amide bonds. The van der Waals surface area contributed by atoms with E-state index in [9.17, 15) is 9.18 Å². The van der Waals surface area contributed by atoms with Gasteiger partial charge in [0.1, 0.15) is 23.0 Å². The van der Waals surface area contributed by atoms with Gasteiger partial charge < -0.3 is 10.2 Å². The molecule has 4 heterocycles. The molecule has 3 unspecified atom stereocenters. The molecule has 1 saturated heterocycles. The summed E-state index contributed by atoms with van der Waals surface area (Å²) in [5, 5.41) is 3.50. The van der Waals surface area contributed by atoms with Gasteiger partial charge in [-0.05, 0) is 68.5 Å². The first-order chi connectivity index (χ1) is 15.0. The van der Waals surface area contributed by atoms with Crippen molar-refractivity contribution in [1.82, 2.24) is 19.9 Å². The van der Waals surface area contributed by atoms with E-state index in [0.717, 1.165) is 24.2 Å². The van der Waals surface area contributed by atoms with Crippen molar-refractivity contribution in [2.45, 2.75) is 38.8 Å². The molecule has 1 saturated carbocycles. The average molecular weight is 417 g/mol. The van der Waals surface area contributed by atoms with Crippen LogP contribution in [0.4, 0.5) is 10.2 Å². The number of likely N-dealkylation sites (tertiary alicyclic amines) is 1. The molecule has 1 aliphatic heterocycles. The summed E-state index contributed by atoms with van der Waals surface area (Å²) in [6.45, 7) is 4.53. The molecule has 0 spiro atoms. The lowest BCUT2D eigenvalue weighted by Gasteiger charge is -2.34. The number of aromatic nitrogens is 3. The molecule has 2 bridgehead atoms. The van der Waals surface area contributed by atoms with Gasteiger partial charge in [-0.1, -0.05) is 6.07 Å². The molecule has 158 valence electrons. The van der Waals surface area contributed by atoms with Gasteiger partial charge in [-0.15, -0.1) is 0 Å². The van der Waals surface area contributed by atoms with Crippen LogP contribution in [-0.2, 0) is 0 Å². The van der Waals surface area contributed by atoms with E-state index in [1.807, 2.05) is 37.1 Å². The Kier molecular flexibility index (Phi) is 4.88. The summed E-state index contributed by atoms with van der Waals surface area (Å²) < 4.78 is 14.4. The number of pyridine rings is 3. The second kappa shape index (κ2) is 7.72. The van der Waals surface area contributed by atoms with Crippen LogP contribution in [0, 0.1) is 25.6 Å². The number of halogens is 1. The summed E-state index contributed by atoms with van der Waals surface area (Å²) in [7, 11) is 0. The number of piperidine rings is 1. The summed E-state index contributed by atoms with van der Waals surface area (Å²) in [6, 6.07) is 10.6. The van der Waals surface area contributed by atoms with Crippen molar-refractivity contribution in [1.29, 1.82) is 0 Å². The molecule has 2 aliphatic rings. The highest BCUT2D eigenvalue weighted by Crippen LogP contribution is 2.40. The molecule has 5 rings (SSSR count). The topological polar surface area (TPSA) is 71.0 Å². The molecule has 1 N–H and O–H groups in total. The normalized spacial score (nSPS) is 22.0. The van der Waals surface area contributed by atoms with Crippen LogP contribution in [0.5, 0.6) is 0 Å². The quantitative estimate of drug-likeness (QED) is 0.695. The third-order valence-electron chi connectivity index (χ3n) is 6.24. The van der Waals surface area contributed by atoms with Crippen molar-refractivity contribution in [2.75, 3.05) is 11.9 Å². The van der Waals surface area contributed by atoms with Crippen LogP contribution in [-0.4, -0.2) is 44.4 Å². The summed E-state index contributed by atoms with van der Waals surface area (Å²) >= 11 is 0. The number of nitrogens with one attached hydrogen (secondary N) is 1. The Morgan fingerprint density at radius 1 is 1.13 bits per heavy atom. The third kappa shape index (κ3) is 3.65. The number of anilines is 1. The minimum atomic E-state index is -0.463. The number of carbonyl (C=O) groups is 1. The molecule has 1 aliphatic carbocycles. The van der Waals surface area contributed by atoms with E-state index in [1.54, 1.807) is 12.1 Å². The zero-order valence-electron chi connectivity index (χ0n) is 17.5. The zero-order valence-corrected chi connectivity index (χ0v) is 17.5. The van der Waals surface area contributed by atoms with Gasteiger partial charge in [0.2, 0.25) is 0 Å². The van der Waals surface area contributed by atoms with Crippen LogP contribution in [0.15, 0.2) is 48.8 Å². The van der Waals surface area contributed by atoms with Crippen LogP contribution in [0.1, 0.15) is 34.6 Å². The van der Waals surface area contributed by atoms with Crippen LogP contribution < -0.4 is 5.32 Å². The Balaban J connectivity index is 1.44. The summed E-state index contributed by atoms with van der Waals surface area (Å²) in [4.78, 5) is 28.6. The maximum atomic E-state index is 14.4. The second-order valence-electron chi connectivity index (χ2n) is 8.52. The molecular formula is C24H24FN5O. The van der Waals surface area contributed by atoms with Crippen molar-refractivity contribution in [3.05, 3.63) is 71.6 Å². The van der Waals surface area contributed by atoms with Gasteiger partial charge >= 0.3 is 0 Å². The highest BCUT2D eigenvalue weighted by Gasteiger charge is 2.47. The highest BCUT2D eigenvalue weighted by molar-refractivity contribution is 5.99. The number of carbonyl (C=O) groups excluding carboxylic acids is 1. The molecule has 3 aromatic rings. The fraction of sp³-hybridized carbons (Fsp3) is 0.333. The van der Waals surface area contributed by atoms with Crippen LogP contribution in [0.3, 0.4) is 0 Å². The molecule has 3 atom stereocenters. The number of hydrogen-bond donors (Lipinski definition) is 1. The van der Waals surface area contributed by atoms with Crippen molar-refractivity contribution >= 4 is 11.7 Å². The summed E-state index contributed by atoms with van der Waals surface area (Å²) in [5.41, 5.74) is 2.67. The average Bonchev–Trinajstić information content (AvgIpc) is 3.36. The van der Waals surface area contributed by atoms with Gasteiger partial charge in [-0.2, -0.15) is 0 Å². The summed E-state index contributed by atoms with van der Waals surface area (Å²) in [5.74, 6) is 0.631. The van der Waals surface area contributed by atoms with Gasteiger partial charge in [0.25, 0.3) is 5.91 Å². The number of fused-ring (bicyclic) bond motifs is 2. The predicted octanol–water partition coefficient (Wildman–Crippen LogP) is 4.01. The van der Waals surface area contributed by atoms with E-state index in [4.69, 9.17) is 0 Å². The van der Waals surface area contributed by atoms with E-state index >= 15 is 0 Å². The van der Waals surface area contributed by atoms with E-state index < -0.39 is 5.82 Å². The Morgan fingerprint density at radius 2 is 2.00 bits per heavy atom. The molecule has 7 heteroatoms. The Morgan fingerprint density at radius 3 is 2.74 bits per heavy atom. The van der Waals surface area contributed by atoms with Crippen LogP contribution >= 0.6 is 0 Å². The second-order valence-corrected chi connectivity index (χ2v) is 8.52. The van der Waals surface area contributed by atoms with Gasteiger partial charge in [0.15, 0.2) is 0 Å². The minimum absolute atomic E-state index is 0.0596. The lowest BCUT2D eigenvalue weighted by molar-refractivity contribution is 0.0686. The maximum Gasteiger partial charge on any atom is 0.273 e. The lowest BCUT2D eigenvalue weighted by Crippen LogP contribution is -2.48. The van der Waals surface area contributed by atoms with Gasteiger partial charge in [0, 0.05) is 36.2 Å². The number of amides is 1. The highest BCUT2D eigenvalue weighted by atomic mass is 19.1. The van der Waals surface area contributed by atoms with Crippen LogP contribution in [0.25, 0.3) is 11.3 Å². The van der Waals surface area contributed by atoms with E-state index in [1.165, 1.54) is 18.3 Å². The van der Waals surface area contributed by atoms with Crippen LogP contribution in [0.2, 0.25) is 0 Å². The number of rotatable bonds is 4. The molecule has 31 heavy (non-hydrogen) atoms. The fourth-order valence-corrected chi connectivity index (χ4v) is 4.79. The fourth-order valence-electron chi connectivity index (χ4n) is 4.79. The van der Waals surface area contributed by atoms with Crippen molar-refractivity contribution in [3.8, 4) is 11.3 Å². The smallest absolute Gasteiger partial charge is 0.273 e. The molecule has 2 fully saturated rings. The Bertz CT molecular complexity index is 1130. The van der Waals surface area contributed by atoms with Gasteiger partial charge in [-0.25, -0.2) is 14.4 Å². The van der Waals surface area contributed by atoms with E-state index in [0.29, 0.717) is 23.7 Å². The standard InChI is InChI=1S/C24H24FN5O/c1-14-5-8-21(27-12-14)29-19-10-16-11-20(19)30(13-16)24(31)23-17(7-6-15(2)28-23)22-18(25)4-3-9-26-22/h3-9,12,16,19-20H,10-11,13H2,1-2H3,(H,27,29). The number of hydrogen-bond acceptors (Lipinski definition) is 5. The summed E-state index contributed by atoms with van der Waals surface area (Å²) in [6.07, 6.45) is 5.32. The van der Waals surface area contributed by atoms with Gasteiger partial charge in [-0.3, -0.25) is 9.78 Å². The first-order valence-corrected chi connectivity index (χ1v) is 10.6. The Hall–Kier alpha value is -3.35. The maximum absolute atomic E-state index is 14.4. The van der Waals surface area contributed by atoms with Crippen molar-refractivity contribution in [2.24, 2.45) is 5.92 Å². The SMILES string of the molecule is Cc1ccc(NC2CC3CC2N(C(=O)c2nc(C)ccc2-c2ncccc2F)C3)nc1. The predicted molar refractivity (Wildman–Crippen MR) is 116 cm³/mol. The molecular weight excluding hydrogens is 393 g/mol. The molecule has 6 nitrogen and oxygen atoms in total.